The van der Waals surface area contributed by atoms with Gasteiger partial charge in [0.2, 0.25) is 11.6 Å². The lowest BCUT2D eigenvalue weighted by molar-refractivity contribution is -0.111. The van der Waals surface area contributed by atoms with Crippen molar-refractivity contribution in [1.29, 1.82) is 0 Å². The van der Waals surface area contributed by atoms with Crippen LogP contribution in [0.1, 0.15) is 15.9 Å². The average molecular weight is 399 g/mol. The number of thioether (sulfide) groups is 1. The summed E-state index contributed by atoms with van der Waals surface area (Å²) in [7, 11) is 0. The van der Waals surface area contributed by atoms with Gasteiger partial charge in [0.15, 0.2) is 0 Å². The minimum absolute atomic E-state index is 0.0406. The number of anilines is 1. The highest BCUT2D eigenvalue weighted by Crippen LogP contribution is 2.40. The van der Waals surface area contributed by atoms with Gasteiger partial charge in [-0.3, -0.25) is 14.9 Å². The van der Waals surface area contributed by atoms with E-state index in [1.807, 2.05) is 0 Å². The second-order valence-corrected chi connectivity index (χ2v) is 7.17. The molecule has 2 aromatic carbocycles. The number of ketones is 2. The van der Waals surface area contributed by atoms with Crippen molar-refractivity contribution in [3.63, 3.8) is 0 Å². The van der Waals surface area contributed by atoms with Crippen LogP contribution in [0.25, 0.3) is 5.76 Å². The van der Waals surface area contributed by atoms with Gasteiger partial charge in [0.1, 0.15) is 29.2 Å². The van der Waals surface area contributed by atoms with E-state index in [1.54, 1.807) is 24.3 Å². The van der Waals surface area contributed by atoms with Crippen molar-refractivity contribution in [1.82, 2.24) is 0 Å². The van der Waals surface area contributed by atoms with E-state index in [0.717, 1.165) is 0 Å². The van der Waals surface area contributed by atoms with Crippen LogP contribution in [0.2, 0.25) is 0 Å². The van der Waals surface area contributed by atoms with Crippen molar-refractivity contribution in [2.75, 3.05) is 17.7 Å². The fraction of sp³-hybridized carbons (Fsp3) is 0.150. The van der Waals surface area contributed by atoms with Gasteiger partial charge in [0.25, 0.3) is 0 Å². The zero-order valence-electron chi connectivity index (χ0n) is 14.4. The van der Waals surface area contributed by atoms with Gasteiger partial charge >= 0.3 is 6.09 Å². The first-order valence-electron chi connectivity index (χ1n) is 8.44. The molecule has 142 valence electrons. The summed E-state index contributed by atoms with van der Waals surface area (Å²) >= 11 is 1.22. The molecule has 2 aliphatic rings. The van der Waals surface area contributed by atoms with Crippen LogP contribution in [0.15, 0.2) is 53.4 Å². The van der Waals surface area contributed by atoms with Crippen molar-refractivity contribution in [3.8, 4) is 0 Å². The number of nitrogens with one attached hydrogen (secondary N) is 1. The van der Waals surface area contributed by atoms with Crippen molar-refractivity contribution < 1.29 is 28.2 Å². The number of amides is 1. The molecular formula is C20H14FNO5S. The minimum atomic E-state index is -0.699. The number of allylic oxidation sites excluding steroid dienone is 1. The van der Waals surface area contributed by atoms with Crippen LogP contribution in [0.3, 0.4) is 0 Å². The smallest absolute Gasteiger partial charge is 0.411 e. The van der Waals surface area contributed by atoms with E-state index >= 15 is 0 Å². The molecule has 1 N–H and O–H groups in total. The molecule has 2 aromatic rings. The zero-order chi connectivity index (χ0) is 19.7. The predicted octanol–water partition coefficient (Wildman–Crippen LogP) is 3.64. The summed E-state index contributed by atoms with van der Waals surface area (Å²) < 4.78 is 24.0. The van der Waals surface area contributed by atoms with Crippen LogP contribution in [0.5, 0.6) is 0 Å². The summed E-state index contributed by atoms with van der Waals surface area (Å²) in [6, 6.07) is 12.0. The molecule has 1 amide bonds. The standard InChI is InChI=1S/C20H14FNO5S/c21-11-5-7-12(8-6-11)22-20(25)26-9-13-10-28-19-17(24)16(23)14-3-1-2-4-15(14)18(19)27-13/h1-8,13H,9-10H2,(H,22,25). The number of hydrogen-bond donors (Lipinski definition) is 1. The number of Topliss-reactive ketones (excluding diaryl/α,β-unsaturated/α-hetero) is 2. The molecule has 0 radical (unpaired) electrons. The highest BCUT2D eigenvalue weighted by Gasteiger charge is 2.38. The molecule has 0 saturated carbocycles. The monoisotopic (exact) mass is 399 g/mol. The molecule has 0 bridgehead atoms. The fourth-order valence-corrected chi connectivity index (χ4v) is 3.92. The molecule has 1 atom stereocenters. The zero-order valence-corrected chi connectivity index (χ0v) is 15.3. The normalized spacial score (nSPS) is 18.1. The molecule has 0 fully saturated rings. The molecule has 1 unspecified atom stereocenters. The Labute approximate surface area is 163 Å². The summed E-state index contributed by atoms with van der Waals surface area (Å²) in [6.07, 6.45) is -1.17. The van der Waals surface area contributed by atoms with E-state index in [-0.39, 0.29) is 11.5 Å². The lowest BCUT2D eigenvalue weighted by Crippen LogP contribution is -2.33. The first kappa shape index (κ1) is 18.2. The van der Waals surface area contributed by atoms with Crippen molar-refractivity contribution >= 4 is 40.9 Å². The molecule has 1 aliphatic carbocycles. The van der Waals surface area contributed by atoms with Crippen LogP contribution >= 0.6 is 11.8 Å². The molecular weight excluding hydrogens is 385 g/mol. The van der Waals surface area contributed by atoms with Crippen LogP contribution in [-0.4, -0.2) is 36.1 Å². The summed E-state index contributed by atoms with van der Waals surface area (Å²) in [5, 5.41) is 2.49. The number of ether oxygens (including phenoxy) is 2. The van der Waals surface area contributed by atoms with Gasteiger partial charge in [-0.15, -0.1) is 11.8 Å². The van der Waals surface area contributed by atoms with E-state index in [0.29, 0.717) is 28.3 Å². The Balaban J connectivity index is 1.42. The van der Waals surface area contributed by atoms with Gasteiger partial charge in [0.05, 0.1) is 0 Å². The Morgan fingerprint density at radius 1 is 1.11 bits per heavy atom. The van der Waals surface area contributed by atoms with Gasteiger partial charge in [-0.05, 0) is 24.3 Å². The summed E-state index contributed by atoms with van der Waals surface area (Å²) in [5.41, 5.74) is 1.28. The SMILES string of the molecule is O=C(Nc1ccc(F)cc1)OCC1CSC2=C(O1)c1ccccc1C(=O)C2=O. The molecule has 0 spiro atoms. The first-order valence-corrected chi connectivity index (χ1v) is 9.43. The Morgan fingerprint density at radius 3 is 2.57 bits per heavy atom. The number of carbonyl (C=O) groups is 3. The first-order chi connectivity index (χ1) is 13.5. The molecule has 1 heterocycles. The highest BCUT2D eigenvalue weighted by atomic mass is 32.2. The summed E-state index contributed by atoms with van der Waals surface area (Å²) in [5.74, 6) is -0.810. The third-order valence-electron chi connectivity index (χ3n) is 4.22. The number of halogens is 1. The number of fused-ring (bicyclic) bond motifs is 2. The van der Waals surface area contributed by atoms with Gasteiger partial charge in [-0.1, -0.05) is 24.3 Å². The molecule has 8 heteroatoms. The van der Waals surface area contributed by atoms with Gasteiger partial charge in [0, 0.05) is 22.6 Å². The number of rotatable bonds is 3. The molecule has 4 rings (SSSR count). The van der Waals surface area contributed by atoms with E-state index in [9.17, 15) is 18.8 Å². The van der Waals surface area contributed by atoms with Gasteiger partial charge in [-0.25, -0.2) is 9.18 Å². The Morgan fingerprint density at radius 2 is 1.82 bits per heavy atom. The van der Waals surface area contributed by atoms with E-state index in [4.69, 9.17) is 9.47 Å². The second-order valence-electron chi connectivity index (χ2n) is 6.14. The third kappa shape index (κ3) is 3.50. The van der Waals surface area contributed by atoms with Crippen LogP contribution in [-0.2, 0) is 14.3 Å². The largest absolute Gasteiger partial charge is 0.484 e. The van der Waals surface area contributed by atoms with E-state index < -0.39 is 29.6 Å². The Hall–Kier alpha value is -3.13. The van der Waals surface area contributed by atoms with Crippen molar-refractivity contribution in [2.45, 2.75) is 6.10 Å². The van der Waals surface area contributed by atoms with Crippen molar-refractivity contribution in [3.05, 3.63) is 70.4 Å². The topological polar surface area (TPSA) is 81.7 Å². The fourth-order valence-electron chi connectivity index (χ4n) is 2.89. The lowest BCUT2D eigenvalue weighted by Gasteiger charge is -2.30. The maximum atomic E-state index is 12.9. The van der Waals surface area contributed by atoms with Crippen LogP contribution in [0.4, 0.5) is 14.9 Å². The molecule has 28 heavy (non-hydrogen) atoms. The quantitative estimate of drug-likeness (QED) is 0.794. The van der Waals surface area contributed by atoms with E-state index in [2.05, 4.69) is 5.32 Å². The molecule has 1 aliphatic heterocycles. The second kappa shape index (κ2) is 7.47. The van der Waals surface area contributed by atoms with Crippen LogP contribution in [0, 0.1) is 5.82 Å². The molecule has 0 saturated heterocycles. The van der Waals surface area contributed by atoms with E-state index in [1.165, 1.54) is 36.0 Å². The lowest BCUT2D eigenvalue weighted by atomic mass is 9.93. The minimum Gasteiger partial charge on any atom is -0.484 e. The highest BCUT2D eigenvalue weighted by molar-refractivity contribution is 8.04. The molecule has 0 aromatic heterocycles. The maximum Gasteiger partial charge on any atom is 0.411 e. The number of hydrogen-bond acceptors (Lipinski definition) is 6. The summed E-state index contributed by atoms with van der Waals surface area (Å²) in [6.45, 7) is -0.0406. The van der Waals surface area contributed by atoms with Crippen molar-refractivity contribution in [2.24, 2.45) is 0 Å². The van der Waals surface area contributed by atoms with Gasteiger partial charge < -0.3 is 9.47 Å². The average Bonchev–Trinajstić information content (AvgIpc) is 2.72. The Bertz CT molecular complexity index is 1000. The maximum absolute atomic E-state index is 12.9. The molecule has 6 nitrogen and oxygen atoms in total. The van der Waals surface area contributed by atoms with Gasteiger partial charge in [-0.2, -0.15) is 0 Å². The predicted molar refractivity (Wildman–Crippen MR) is 101 cm³/mol. The summed E-state index contributed by atoms with van der Waals surface area (Å²) in [4.78, 5) is 36.7. The third-order valence-corrected chi connectivity index (χ3v) is 5.42. The Kier molecular flexibility index (Phi) is 4.87. The number of benzene rings is 2. The number of carbonyl (C=O) groups excluding carboxylic acids is 3. The van der Waals surface area contributed by atoms with Crippen LogP contribution < -0.4 is 5.32 Å².